The highest BCUT2D eigenvalue weighted by atomic mass is 16.1. The first-order chi connectivity index (χ1) is 8.63. The smallest absolute Gasteiger partial charge is 0.179 e. The van der Waals surface area contributed by atoms with Gasteiger partial charge in [0, 0.05) is 5.56 Å². The van der Waals surface area contributed by atoms with E-state index in [1.165, 1.54) is 5.56 Å². The topological polar surface area (TPSA) is 20.3 Å². The van der Waals surface area contributed by atoms with Gasteiger partial charge < -0.3 is 0 Å². The Balaban J connectivity index is 2.78. The van der Waals surface area contributed by atoms with E-state index in [9.17, 15) is 4.79 Å². The van der Waals surface area contributed by atoms with Gasteiger partial charge in [-0.1, -0.05) is 45.0 Å². The third kappa shape index (κ3) is 3.67. The zero-order valence-electron chi connectivity index (χ0n) is 12.1. The van der Waals surface area contributed by atoms with Gasteiger partial charge in [-0.3, -0.25) is 9.69 Å². The number of Topliss-reactive ketones (excluding diaryl/α,β-unsaturated/α-hetero) is 1. The lowest BCUT2D eigenvalue weighted by Gasteiger charge is -2.26. The number of hydrogen-bond acceptors (Lipinski definition) is 2. The second-order valence-electron chi connectivity index (χ2n) is 4.72. The Hall–Kier alpha value is -1.15. The van der Waals surface area contributed by atoms with Crippen LogP contribution in [0.4, 0.5) is 0 Å². The molecule has 1 aromatic rings. The maximum Gasteiger partial charge on any atom is 0.179 e. The fourth-order valence-electron chi connectivity index (χ4n) is 2.22. The molecule has 0 fully saturated rings. The molecule has 0 aliphatic rings. The van der Waals surface area contributed by atoms with E-state index in [4.69, 9.17) is 0 Å². The van der Waals surface area contributed by atoms with Crippen molar-refractivity contribution in [1.82, 2.24) is 4.90 Å². The fourth-order valence-corrected chi connectivity index (χ4v) is 2.22. The first-order valence-electron chi connectivity index (χ1n) is 7.01. The van der Waals surface area contributed by atoms with Crippen LogP contribution in [-0.4, -0.2) is 29.8 Å². The van der Waals surface area contributed by atoms with Crippen LogP contribution >= 0.6 is 0 Å². The highest BCUT2D eigenvalue weighted by Crippen LogP contribution is 2.11. The van der Waals surface area contributed by atoms with Crippen LogP contribution in [0.1, 0.15) is 50.0 Å². The monoisotopic (exact) mass is 247 g/mol. The van der Waals surface area contributed by atoms with Gasteiger partial charge in [0.2, 0.25) is 0 Å². The molecule has 1 unspecified atom stereocenters. The first-order valence-corrected chi connectivity index (χ1v) is 7.01. The highest BCUT2D eigenvalue weighted by Gasteiger charge is 2.20. The summed E-state index contributed by atoms with van der Waals surface area (Å²) in [5.41, 5.74) is 2.11. The maximum atomic E-state index is 12.4. The van der Waals surface area contributed by atoms with Gasteiger partial charge in [0.1, 0.15) is 0 Å². The van der Waals surface area contributed by atoms with Crippen LogP contribution in [0.15, 0.2) is 24.3 Å². The van der Waals surface area contributed by atoms with Gasteiger partial charge in [0.25, 0.3) is 0 Å². The quantitative estimate of drug-likeness (QED) is 0.687. The third-order valence-electron chi connectivity index (χ3n) is 3.49. The van der Waals surface area contributed by atoms with Gasteiger partial charge in [-0.15, -0.1) is 0 Å². The molecule has 0 heterocycles. The number of carbonyl (C=O) groups is 1. The molecule has 100 valence electrons. The van der Waals surface area contributed by atoms with Crippen LogP contribution in [0.5, 0.6) is 0 Å². The van der Waals surface area contributed by atoms with Crippen LogP contribution in [0.25, 0.3) is 0 Å². The van der Waals surface area contributed by atoms with E-state index in [0.29, 0.717) is 0 Å². The minimum Gasteiger partial charge on any atom is -0.294 e. The third-order valence-corrected chi connectivity index (χ3v) is 3.49. The Morgan fingerprint density at radius 1 is 1.17 bits per heavy atom. The Labute approximate surface area is 111 Å². The van der Waals surface area contributed by atoms with E-state index in [-0.39, 0.29) is 11.8 Å². The summed E-state index contributed by atoms with van der Waals surface area (Å²) in [6.07, 6.45) is 2.10. The Bertz CT molecular complexity index is 369. The Morgan fingerprint density at radius 2 is 1.78 bits per heavy atom. The lowest BCUT2D eigenvalue weighted by atomic mass is 10.0. The lowest BCUT2D eigenvalue weighted by Crippen LogP contribution is -2.39. The van der Waals surface area contributed by atoms with Crippen LogP contribution < -0.4 is 0 Å². The zero-order valence-corrected chi connectivity index (χ0v) is 12.1. The number of hydrogen-bond donors (Lipinski definition) is 0. The molecule has 0 aliphatic carbocycles. The second kappa shape index (κ2) is 7.32. The van der Waals surface area contributed by atoms with E-state index in [0.717, 1.165) is 31.5 Å². The zero-order chi connectivity index (χ0) is 13.5. The summed E-state index contributed by atoms with van der Waals surface area (Å²) >= 11 is 0. The molecule has 1 rings (SSSR count). The molecule has 1 atom stereocenters. The largest absolute Gasteiger partial charge is 0.294 e. The average molecular weight is 247 g/mol. The maximum absolute atomic E-state index is 12.4. The van der Waals surface area contributed by atoms with Crippen molar-refractivity contribution in [3.05, 3.63) is 35.4 Å². The number of likely N-dealkylation sites (N-methyl/N-ethyl adjacent to an activating group) is 1. The average Bonchev–Trinajstić information content (AvgIpc) is 2.43. The van der Waals surface area contributed by atoms with Gasteiger partial charge >= 0.3 is 0 Å². The van der Waals surface area contributed by atoms with Crippen molar-refractivity contribution in [2.75, 3.05) is 13.1 Å². The van der Waals surface area contributed by atoms with Crippen molar-refractivity contribution in [2.24, 2.45) is 0 Å². The Kier molecular flexibility index (Phi) is 6.06. The number of benzene rings is 1. The fraction of sp³-hybridized carbons (Fsp3) is 0.562. The van der Waals surface area contributed by atoms with Gasteiger partial charge in [-0.2, -0.15) is 0 Å². The van der Waals surface area contributed by atoms with Gasteiger partial charge in [0.15, 0.2) is 5.78 Å². The standard InChI is InChI=1S/C16H25NO/c1-5-12-17(7-3)13(4)16(18)15-10-8-14(6-2)9-11-15/h8-11,13H,5-7,12H2,1-4H3. The summed E-state index contributed by atoms with van der Waals surface area (Å²) in [7, 11) is 0. The van der Waals surface area contributed by atoms with Crippen molar-refractivity contribution in [1.29, 1.82) is 0 Å². The molecule has 2 nitrogen and oxygen atoms in total. The summed E-state index contributed by atoms with van der Waals surface area (Å²) in [6.45, 7) is 10.3. The summed E-state index contributed by atoms with van der Waals surface area (Å²) in [4.78, 5) is 14.6. The first kappa shape index (κ1) is 14.9. The molecular formula is C16H25NO. The van der Waals surface area contributed by atoms with E-state index < -0.39 is 0 Å². The molecule has 0 saturated carbocycles. The molecular weight excluding hydrogens is 222 g/mol. The van der Waals surface area contributed by atoms with Crippen LogP contribution in [0.3, 0.4) is 0 Å². The lowest BCUT2D eigenvalue weighted by molar-refractivity contribution is 0.0845. The van der Waals surface area contributed by atoms with Gasteiger partial charge in [0.05, 0.1) is 6.04 Å². The van der Waals surface area contributed by atoms with Crippen molar-refractivity contribution < 1.29 is 4.79 Å². The molecule has 0 aliphatic heterocycles. The molecule has 1 aromatic carbocycles. The van der Waals surface area contributed by atoms with E-state index >= 15 is 0 Å². The summed E-state index contributed by atoms with van der Waals surface area (Å²) in [6, 6.07) is 7.99. The van der Waals surface area contributed by atoms with Crippen molar-refractivity contribution in [3.63, 3.8) is 0 Å². The minimum absolute atomic E-state index is 0.0255. The van der Waals surface area contributed by atoms with Gasteiger partial charge in [-0.25, -0.2) is 0 Å². The van der Waals surface area contributed by atoms with Gasteiger partial charge in [-0.05, 0) is 38.4 Å². The molecule has 0 aromatic heterocycles. The summed E-state index contributed by atoms with van der Waals surface area (Å²) < 4.78 is 0. The highest BCUT2D eigenvalue weighted by molar-refractivity contribution is 5.99. The summed E-state index contributed by atoms with van der Waals surface area (Å²) in [5, 5.41) is 0. The molecule has 2 heteroatoms. The molecule has 0 amide bonds. The SMILES string of the molecule is CCCN(CC)C(C)C(=O)c1ccc(CC)cc1. The van der Waals surface area contributed by atoms with Crippen LogP contribution in [0.2, 0.25) is 0 Å². The summed E-state index contributed by atoms with van der Waals surface area (Å²) in [5.74, 6) is 0.230. The molecule has 0 radical (unpaired) electrons. The van der Waals surface area contributed by atoms with Crippen molar-refractivity contribution in [2.45, 2.75) is 46.6 Å². The number of carbonyl (C=O) groups excluding carboxylic acids is 1. The number of rotatable bonds is 7. The molecule has 0 bridgehead atoms. The Morgan fingerprint density at radius 3 is 2.22 bits per heavy atom. The predicted molar refractivity (Wildman–Crippen MR) is 77.2 cm³/mol. The molecule has 18 heavy (non-hydrogen) atoms. The number of aryl methyl sites for hydroxylation is 1. The van der Waals surface area contributed by atoms with Crippen molar-refractivity contribution in [3.8, 4) is 0 Å². The van der Waals surface area contributed by atoms with E-state index in [1.807, 2.05) is 19.1 Å². The number of nitrogens with zero attached hydrogens (tertiary/aromatic N) is 1. The molecule has 0 N–H and O–H groups in total. The van der Waals surface area contributed by atoms with E-state index in [1.54, 1.807) is 0 Å². The second-order valence-corrected chi connectivity index (χ2v) is 4.72. The van der Waals surface area contributed by atoms with Crippen molar-refractivity contribution >= 4 is 5.78 Å². The van der Waals surface area contributed by atoms with E-state index in [2.05, 4.69) is 37.8 Å². The van der Waals surface area contributed by atoms with Crippen LogP contribution in [0, 0.1) is 0 Å². The minimum atomic E-state index is -0.0255. The normalized spacial score (nSPS) is 12.7. The number of ketones is 1. The van der Waals surface area contributed by atoms with Crippen LogP contribution in [-0.2, 0) is 6.42 Å². The molecule has 0 spiro atoms. The predicted octanol–water partition coefficient (Wildman–Crippen LogP) is 3.55. The molecule has 0 saturated heterocycles.